The number of fused-ring (bicyclic) bond motifs is 1. The number of rotatable bonds is 3. The minimum Gasteiger partial charge on any atom is -0.488 e. The zero-order valence-electron chi connectivity index (χ0n) is 13.1. The van der Waals surface area contributed by atoms with Gasteiger partial charge in [0.25, 0.3) is 5.91 Å². The Morgan fingerprint density at radius 3 is 2.88 bits per heavy atom. The van der Waals surface area contributed by atoms with Crippen molar-refractivity contribution in [2.45, 2.75) is 18.9 Å². The van der Waals surface area contributed by atoms with E-state index >= 15 is 0 Å². The van der Waals surface area contributed by atoms with Crippen LogP contribution in [0, 0.1) is 0 Å². The molecular formula is C18H17N3O2S. The Morgan fingerprint density at radius 2 is 2.04 bits per heavy atom. The summed E-state index contributed by atoms with van der Waals surface area (Å²) in [6, 6.07) is 11.5. The molecule has 122 valence electrons. The molecule has 1 atom stereocenters. The Kier molecular flexibility index (Phi) is 4.13. The van der Waals surface area contributed by atoms with Crippen LogP contribution in [0.25, 0.3) is 10.2 Å². The van der Waals surface area contributed by atoms with E-state index in [1.807, 2.05) is 41.3 Å². The molecule has 1 amide bonds. The molecule has 0 N–H and O–H groups in total. The van der Waals surface area contributed by atoms with Gasteiger partial charge in [-0.15, -0.1) is 11.3 Å². The molecule has 0 aliphatic carbocycles. The molecule has 0 radical (unpaired) electrons. The highest BCUT2D eigenvalue weighted by molar-refractivity contribution is 7.20. The number of carbonyl (C=O) groups excluding carboxylic acids is 1. The Hall–Kier alpha value is -2.47. The van der Waals surface area contributed by atoms with E-state index in [-0.39, 0.29) is 12.0 Å². The van der Waals surface area contributed by atoms with Gasteiger partial charge in [-0.1, -0.05) is 12.1 Å². The molecule has 1 saturated heterocycles. The first-order valence-electron chi connectivity index (χ1n) is 8.01. The Labute approximate surface area is 143 Å². The third-order valence-corrected chi connectivity index (χ3v) is 5.12. The molecule has 6 heteroatoms. The number of hydrogen-bond acceptors (Lipinski definition) is 5. The summed E-state index contributed by atoms with van der Waals surface area (Å²) < 4.78 is 7.02. The topological polar surface area (TPSA) is 55.3 Å². The molecule has 0 bridgehead atoms. The molecule has 1 fully saturated rings. The third-order valence-electron chi connectivity index (χ3n) is 4.09. The number of nitrogens with zero attached hydrogens (tertiary/aromatic N) is 3. The summed E-state index contributed by atoms with van der Waals surface area (Å²) in [5.41, 5.74) is 0.882. The number of aromatic nitrogens is 2. The van der Waals surface area contributed by atoms with E-state index < -0.39 is 0 Å². The van der Waals surface area contributed by atoms with Crippen LogP contribution in [-0.4, -0.2) is 40.0 Å². The van der Waals surface area contributed by atoms with Crippen molar-refractivity contribution < 1.29 is 9.53 Å². The molecule has 0 saturated carbocycles. The Bertz CT molecular complexity index is 817. The van der Waals surface area contributed by atoms with Gasteiger partial charge in [0.05, 0.1) is 16.8 Å². The number of piperidine rings is 1. The molecular weight excluding hydrogens is 322 g/mol. The van der Waals surface area contributed by atoms with Crippen molar-refractivity contribution >= 4 is 27.5 Å². The molecule has 5 nitrogen and oxygen atoms in total. The predicted molar refractivity (Wildman–Crippen MR) is 93.4 cm³/mol. The second-order valence-electron chi connectivity index (χ2n) is 5.80. The first kappa shape index (κ1) is 15.1. The van der Waals surface area contributed by atoms with E-state index in [1.54, 1.807) is 12.4 Å². The van der Waals surface area contributed by atoms with Gasteiger partial charge in [-0.25, -0.2) is 4.98 Å². The molecule has 0 unspecified atom stereocenters. The van der Waals surface area contributed by atoms with Gasteiger partial charge in [-0.3, -0.25) is 9.78 Å². The van der Waals surface area contributed by atoms with Gasteiger partial charge in [-0.05, 0) is 37.1 Å². The number of amides is 1. The molecule has 24 heavy (non-hydrogen) atoms. The maximum Gasteiger partial charge on any atom is 0.282 e. The summed E-state index contributed by atoms with van der Waals surface area (Å²) in [7, 11) is 0. The number of benzene rings is 1. The van der Waals surface area contributed by atoms with Crippen molar-refractivity contribution in [1.29, 1.82) is 0 Å². The maximum absolute atomic E-state index is 12.8. The van der Waals surface area contributed by atoms with Crippen LogP contribution in [0.2, 0.25) is 0 Å². The molecule has 3 aromatic rings. The Balaban J connectivity index is 1.48. The van der Waals surface area contributed by atoms with Crippen LogP contribution < -0.4 is 4.74 Å². The summed E-state index contributed by atoms with van der Waals surface area (Å²) in [4.78, 5) is 23.1. The third kappa shape index (κ3) is 3.10. The molecule has 3 heterocycles. The summed E-state index contributed by atoms with van der Waals surface area (Å²) in [5, 5.41) is 0.556. The first-order valence-corrected chi connectivity index (χ1v) is 8.83. The number of likely N-dealkylation sites (tertiary alicyclic amines) is 1. The molecule has 1 aromatic carbocycles. The Morgan fingerprint density at radius 1 is 1.21 bits per heavy atom. The average molecular weight is 339 g/mol. The largest absolute Gasteiger partial charge is 0.488 e. The summed E-state index contributed by atoms with van der Waals surface area (Å²) in [6.07, 6.45) is 5.32. The van der Waals surface area contributed by atoms with Gasteiger partial charge in [0.1, 0.15) is 11.9 Å². The molecule has 1 aliphatic heterocycles. The standard InChI is InChI=1S/C18H17N3O2S/c22-18(17-20-15-5-1-2-6-16(15)24-17)21-11-3-4-14(12-21)23-13-7-9-19-10-8-13/h1-2,5-10,14H,3-4,11-12H2/t14-/m0/s1. The lowest BCUT2D eigenvalue weighted by molar-refractivity contribution is 0.0537. The van der Waals surface area contributed by atoms with Gasteiger partial charge in [0.2, 0.25) is 0 Å². The van der Waals surface area contributed by atoms with Crippen molar-refractivity contribution in [2.75, 3.05) is 13.1 Å². The van der Waals surface area contributed by atoms with Crippen LogP contribution in [-0.2, 0) is 0 Å². The predicted octanol–water partition coefficient (Wildman–Crippen LogP) is 3.37. The van der Waals surface area contributed by atoms with Crippen LogP contribution in [0.4, 0.5) is 0 Å². The average Bonchev–Trinajstić information content (AvgIpc) is 3.06. The van der Waals surface area contributed by atoms with E-state index in [2.05, 4.69) is 9.97 Å². The number of thiazole rings is 1. The van der Waals surface area contributed by atoms with E-state index in [1.165, 1.54) is 11.3 Å². The lowest BCUT2D eigenvalue weighted by Crippen LogP contribution is -2.44. The van der Waals surface area contributed by atoms with Crippen molar-refractivity contribution in [3.8, 4) is 5.75 Å². The summed E-state index contributed by atoms with van der Waals surface area (Å²) in [6.45, 7) is 1.35. The van der Waals surface area contributed by atoms with Crippen LogP contribution in [0.15, 0.2) is 48.8 Å². The van der Waals surface area contributed by atoms with Crippen molar-refractivity contribution in [1.82, 2.24) is 14.9 Å². The summed E-state index contributed by atoms with van der Waals surface area (Å²) >= 11 is 1.45. The van der Waals surface area contributed by atoms with Crippen LogP contribution in [0.3, 0.4) is 0 Å². The zero-order valence-corrected chi connectivity index (χ0v) is 13.9. The SMILES string of the molecule is O=C(c1nc2ccccc2s1)N1CCC[C@H](Oc2ccncc2)C1. The van der Waals surface area contributed by atoms with Crippen molar-refractivity contribution in [3.05, 3.63) is 53.8 Å². The molecule has 4 rings (SSSR count). The molecule has 0 spiro atoms. The quantitative estimate of drug-likeness (QED) is 0.734. The lowest BCUT2D eigenvalue weighted by Gasteiger charge is -2.32. The number of ether oxygens (including phenoxy) is 1. The molecule has 2 aromatic heterocycles. The van der Waals surface area contributed by atoms with E-state index in [0.29, 0.717) is 11.6 Å². The summed E-state index contributed by atoms with van der Waals surface area (Å²) in [5.74, 6) is 0.795. The van der Waals surface area contributed by atoms with Gasteiger partial charge >= 0.3 is 0 Å². The van der Waals surface area contributed by atoms with Gasteiger partial charge in [0.15, 0.2) is 5.01 Å². The van der Waals surface area contributed by atoms with E-state index in [4.69, 9.17) is 4.74 Å². The fourth-order valence-corrected chi connectivity index (χ4v) is 3.86. The number of para-hydroxylation sites is 1. The second-order valence-corrected chi connectivity index (χ2v) is 6.83. The number of pyridine rings is 1. The van der Waals surface area contributed by atoms with Crippen molar-refractivity contribution in [3.63, 3.8) is 0 Å². The maximum atomic E-state index is 12.8. The van der Waals surface area contributed by atoms with Crippen molar-refractivity contribution in [2.24, 2.45) is 0 Å². The molecule has 1 aliphatic rings. The van der Waals surface area contributed by atoms with Gasteiger partial charge in [-0.2, -0.15) is 0 Å². The van der Waals surface area contributed by atoms with E-state index in [0.717, 1.165) is 35.4 Å². The number of carbonyl (C=O) groups is 1. The second kappa shape index (κ2) is 6.57. The van der Waals surface area contributed by atoms with Crippen LogP contribution >= 0.6 is 11.3 Å². The zero-order chi connectivity index (χ0) is 16.4. The normalized spacial score (nSPS) is 17.8. The van der Waals surface area contributed by atoms with E-state index in [9.17, 15) is 4.79 Å². The highest BCUT2D eigenvalue weighted by atomic mass is 32.1. The fraction of sp³-hybridized carbons (Fsp3) is 0.278. The van der Waals surface area contributed by atoms with Crippen LogP contribution in [0.5, 0.6) is 5.75 Å². The number of hydrogen-bond donors (Lipinski definition) is 0. The lowest BCUT2D eigenvalue weighted by atomic mass is 10.1. The highest BCUT2D eigenvalue weighted by Gasteiger charge is 2.27. The van der Waals surface area contributed by atoms with Gasteiger partial charge < -0.3 is 9.64 Å². The van der Waals surface area contributed by atoms with Gasteiger partial charge in [0, 0.05) is 18.9 Å². The highest BCUT2D eigenvalue weighted by Crippen LogP contribution is 2.24. The minimum atomic E-state index is -0.000714. The minimum absolute atomic E-state index is 0.000714. The van der Waals surface area contributed by atoms with Crippen LogP contribution in [0.1, 0.15) is 22.6 Å². The first-order chi connectivity index (χ1) is 11.8. The smallest absolute Gasteiger partial charge is 0.282 e. The fourth-order valence-electron chi connectivity index (χ4n) is 2.93. The monoisotopic (exact) mass is 339 g/mol.